The van der Waals surface area contributed by atoms with E-state index in [-0.39, 0.29) is 10.8 Å². The molecule has 9 heteroatoms. The van der Waals surface area contributed by atoms with Gasteiger partial charge < -0.3 is 4.74 Å². The van der Waals surface area contributed by atoms with Gasteiger partial charge in [0.15, 0.2) is 0 Å². The SMILES string of the molecule is CO/C(=N\[S@](=O)C(C)(C)C)[C@@H](C)[C@H](NS(=O)(=O)c1ccc(C)cc1)c1ccc(Cl)cc1. The van der Waals surface area contributed by atoms with E-state index in [1.54, 1.807) is 76.2 Å². The summed E-state index contributed by atoms with van der Waals surface area (Å²) in [7, 11) is -3.98. The van der Waals surface area contributed by atoms with Crippen molar-refractivity contribution >= 4 is 38.5 Å². The smallest absolute Gasteiger partial charge is 0.241 e. The van der Waals surface area contributed by atoms with E-state index in [1.165, 1.54) is 7.11 Å². The first-order valence-electron chi connectivity index (χ1n) is 9.74. The average molecular weight is 485 g/mol. The van der Waals surface area contributed by atoms with Gasteiger partial charge in [-0.1, -0.05) is 48.4 Å². The Morgan fingerprint density at radius 2 is 1.65 bits per heavy atom. The van der Waals surface area contributed by atoms with Crippen molar-refractivity contribution in [3.63, 3.8) is 0 Å². The van der Waals surface area contributed by atoms with Gasteiger partial charge in [0.1, 0.15) is 11.0 Å². The lowest BCUT2D eigenvalue weighted by Crippen LogP contribution is -2.36. The average Bonchev–Trinajstić information content (AvgIpc) is 2.70. The molecule has 0 fully saturated rings. The number of hydrogen-bond acceptors (Lipinski definition) is 4. The Kier molecular flexibility index (Phi) is 8.44. The summed E-state index contributed by atoms with van der Waals surface area (Å²) in [5.41, 5.74) is 1.64. The van der Waals surface area contributed by atoms with Gasteiger partial charge in [-0.05, 0) is 57.5 Å². The first-order valence-corrected chi connectivity index (χ1v) is 12.7. The monoisotopic (exact) mass is 484 g/mol. The van der Waals surface area contributed by atoms with Crippen LogP contribution in [-0.4, -0.2) is 30.4 Å². The predicted molar refractivity (Wildman–Crippen MR) is 127 cm³/mol. The van der Waals surface area contributed by atoms with E-state index in [9.17, 15) is 12.6 Å². The Hall–Kier alpha value is -1.74. The molecule has 0 radical (unpaired) electrons. The van der Waals surface area contributed by atoms with E-state index in [2.05, 4.69) is 9.12 Å². The number of methoxy groups -OCH3 is 1. The Morgan fingerprint density at radius 1 is 1.10 bits per heavy atom. The van der Waals surface area contributed by atoms with Gasteiger partial charge in [-0.3, -0.25) is 0 Å². The van der Waals surface area contributed by atoms with Gasteiger partial charge in [-0.2, -0.15) is 4.40 Å². The molecule has 2 rings (SSSR count). The number of nitrogens with one attached hydrogen (secondary N) is 1. The predicted octanol–water partition coefficient (Wildman–Crippen LogP) is 4.81. The summed E-state index contributed by atoms with van der Waals surface area (Å²) in [6, 6.07) is 12.7. The number of ether oxygens (including phenoxy) is 1. The first kappa shape index (κ1) is 25.5. The van der Waals surface area contributed by atoms with Crippen LogP contribution in [0.3, 0.4) is 0 Å². The zero-order chi connectivity index (χ0) is 23.4. The van der Waals surface area contributed by atoms with Crippen LogP contribution in [0.5, 0.6) is 0 Å². The van der Waals surface area contributed by atoms with Crippen molar-refractivity contribution in [2.75, 3.05) is 7.11 Å². The van der Waals surface area contributed by atoms with Gasteiger partial charge in [0, 0.05) is 5.02 Å². The molecule has 3 atom stereocenters. The van der Waals surface area contributed by atoms with Gasteiger partial charge in [0.2, 0.25) is 15.9 Å². The number of hydrogen-bond donors (Lipinski definition) is 1. The van der Waals surface area contributed by atoms with Crippen LogP contribution in [0.25, 0.3) is 0 Å². The lowest BCUT2D eigenvalue weighted by molar-refractivity contribution is 0.351. The fourth-order valence-electron chi connectivity index (χ4n) is 2.75. The van der Waals surface area contributed by atoms with E-state index in [0.29, 0.717) is 10.6 Å². The van der Waals surface area contributed by atoms with Gasteiger partial charge in [0.05, 0.1) is 28.7 Å². The maximum Gasteiger partial charge on any atom is 0.241 e. The van der Waals surface area contributed by atoms with E-state index >= 15 is 0 Å². The topological polar surface area (TPSA) is 84.8 Å². The molecule has 1 N–H and O–H groups in total. The lowest BCUT2D eigenvalue weighted by Gasteiger charge is -2.26. The zero-order valence-electron chi connectivity index (χ0n) is 18.5. The molecule has 0 saturated heterocycles. The summed E-state index contributed by atoms with van der Waals surface area (Å²) in [5, 5.41) is 0.533. The zero-order valence-corrected chi connectivity index (χ0v) is 20.9. The molecule has 0 aromatic heterocycles. The van der Waals surface area contributed by atoms with E-state index in [1.807, 2.05) is 6.92 Å². The van der Waals surface area contributed by atoms with Crippen molar-refractivity contribution in [2.24, 2.45) is 10.3 Å². The highest BCUT2D eigenvalue weighted by Gasteiger charge is 2.31. The Balaban J connectivity index is 2.49. The standard InChI is InChI=1S/C22H29ClN2O4S2/c1-15-7-13-19(14-8-15)31(27,28)25-20(17-9-11-18(23)12-10-17)16(2)21(29-6)24-30(26)22(3,4)5/h7-14,16,20,25H,1-6H3/b24-21-/t16-,20-,30+/m0/s1. The highest BCUT2D eigenvalue weighted by molar-refractivity contribution is 7.89. The highest BCUT2D eigenvalue weighted by atomic mass is 35.5. The Bertz CT molecular complexity index is 1040. The second-order valence-corrected chi connectivity index (χ2v) is 12.3. The minimum Gasteiger partial charge on any atom is -0.483 e. The van der Waals surface area contributed by atoms with Gasteiger partial charge in [0.25, 0.3) is 0 Å². The summed E-state index contributed by atoms with van der Waals surface area (Å²) < 4.78 is 50.7. The molecule has 6 nitrogen and oxygen atoms in total. The molecule has 0 bridgehead atoms. The van der Waals surface area contributed by atoms with E-state index < -0.39 is 37.7 Å². The van der Waals surface area contributed by atoms with Crippen molar-refractivity contribution in [1.29, 1.82) is 0 Å². The van der Waals surface area contributed by atoms with E-state index in [4.69, 9.17) is 16.3 Å². The third-order valence-corrected chi connectivity index (χ3v) is 7.74. The summed E-state index contributed by atoms with van der Waals surface area (Å²) in [6.07, 6.45) is 0. The van der Waals surface area contributed by atoms with E-state index in [0.717, 1.165) is 5.56 Å². The summed E-state index contributed by atoms with van der Waals surface area (Å²) in [6.45, 7) is 9.09. The molecule has 0 aliphatic rings. The number of halogens is 1. The fourth-order valence-corrected chi connectivity index (χ4v) is 4.86. The molecule has 2 aromatic carbocycles. The highest BCUT2D eigenvalue weighted by Crippen LogP contribution is 2.28. The van der Waals surface area contributed by atoms with Crippen LogP contribution in [0.1, 0.15) is 44.9 Å². The molecule has 0 aliphatic heterocycles. The van der Waals surface area contributed by atoms with Crippen LogP contribution in [0, 0.1) is 12.8 Å². The maximum atomic E-state index is 13.1. The molecule has 0 spiro atoms. The number of benzene rings is 2. The third-order valence-electron chi connectivity index (χ3n) is 4.64. The number of sulfonamides is 1. The number of nitrogens with zero attached hydrogens (tertiary/aromatic N) is 1. The maximum absolute atomic E-state index is 13.1. The normalized spacial score (nSPS) is 15.9. The fraction of sp³-hybridized carbons (Fsp3) is 0.409. The lowest BCUT2D eigenvalue weighted by atomic mass is 9.95. The van der Waals surface area contributed by atoms with Crippen molar-refractivity contribution in [3.05, 3.63) is 64.7 Å². The Labute approximate surface area is 192 Å². The second-order valence-electron chi connectivity index (χ2n) is 8.25. The van der Waals surface area contributed by atoms with Gasteiger partial charge in [-0.15, -0.1) is 0 Å². The second kappa shape index (κ2) is 10.3. The quantitative estimate of drug-likeness (QED) is 0.451. The molecule has 0 heterocycles. The molecule has 0 saturated carbocycles. The van der Waals surface area contributed by atoms with Crippen LogP contribution < -0.4 is 4.72 Å². The molecule has 31 heavy (non-hydrogen) atoms. The summed E-state index contributed by atoms with van der Waals surface area (Å²) >= 11 is 6.02. The molecule has 0 amide bonds. The molecule has 0 aliphatic carbocycles. The molecule has 0 unspecified atom stereocenters. The summed E-state index contributed by atoms with van der Waals surface area (Å²) in [4.78, 5) is 0.151. The molecular weight excluding hydrogens is 456 g/mol. The van der Waals surface area contributed by atoms with Crippen LogP contribution in [0.4, 0.5) is 0 Å². The van der Waals surface area contributed by atoms with Gasteiger partial charge in [-0.25, -0.2) is 17.3 Å². The molecule has 2 aromatic rings. The van der Waals surface area contributed by atoms with Crippen LogP contribution in [0.15, 0.2) is 57.8 Å². The number of rotatable bonds is 7. The van der Waals surface area contributed by atoms with Crippen LogP contribution in [-0.2, 0) is 25.7 Å². The minimum atomic E-state index is -3.85. The van der Waals surface area contributed by atoms with Crippen LogP contribution in [0.2, 0.25) is 5.02 Å². The largest absolute Gasteiger partial charge is 0.483 e. The third kappa shape index (κ3) is 6.87. The van der Waals surface area contributed by atoms with Crippen molar-refractivity contribution in [1.82, 2.24) is 4.72 Å². The minimum absolute atomic E-state index is 0.151. The first-order chi connectivity index (χ1) is 14.3. The van der Waals surface area contributed by atoms with Crippen molar-refractivity contribution < 1.29 is 17.4 Å². The molecular formula is C22H29ClN2O4S2. The number of aryl methyl sites for hydroxylation is 1. The summed E-state index contributed by atoms with van der Waals surface area (Å²) in [5.74, 6) is -0.350. The van der Waals surface area contributed by atoms with Gasteiger partial charge >= 0.3 is 0 Å². The van der Waals surface area contributed by atoms with Crippen LogP contribution >= 0.6 is 11.6 Å². The van der Waals surface area contributed by atoms with Crippen molar-refractivity contribution in [2.45, 2.75) is 50.3 Å². The van der Waals surface area contributed by atoms with Crippen molar-refractivity contribution in [3.8, 4) is 0 Å². The molecule has 170 valence electrons. The Morgan fingerprint density at radius 3 is 2.13 bits per heavy atom.